The number of benzene rings is 2. The van der Waals surface area contributed by atoms with Crippen LogP contribution >= 0.6 is 11.3 Å². The number of carbonyl (C=O) groups is 2. The second kappa shape index (κ2) is 8.48. The van der Waals surface area contributed by atoms with E-state index in [0.717, 1.165) is 21.3 Å². The van der Waals surface area contributed by atoms with Gasteiger partial charge < -0.3 is 18.8 Å². The smallest absolute Gasteiger partial charge is 0.325 e. The summed E-state index contributed by atoms with van der Waals surface area (Å²) in [6, 6.07) is 9.11. The van der Waals surface area contributed by atoms with Crippen molar-refractivity contribution < 1.29 is 23.8 Å². The van der Waals surface area contributed by atoms with E-state index < -0.39 is 11.9 Å². The van der Waals surface area contributed by atoms with E-state index in [1.54, 1.807) is 22.8 Å². The molecule has 0 saturated heterocycles. The highest BCUT2D eigenvalue weighted by molar-refractivity contribution is 7.16. The van der Waals surface area contributed by atoms with Gasteiger partial charge in [-0.25, -0.2) is 0 Å². The molecular formula is C21H22N2O5S. The molecule has 0 N–H and O–H groups in total. The van der Waals surface area contributed by atoms with Crippen molar-refractivity contribution in [2.45, 2.75) is 20.4 Å². The minimum atomic E-state index is -0.515. The SMILES string of the molecule is COC(=O)Cn1c(=NC(=O)c2c(OC)cccc2OC)sc2cc(C)cc(C)c21. The molecule has 7 nitrogen and oxygen atoms in total. The standard InChI is InChI=1S/C21H22N2O5S/c1-12-9-13(2)19-16(10-12)29-21(23(19)11-17(24)28-5)22-20(25)18-14(26-3)7-6-8-15(18)27-4/h6-10H,11H2,1-5H3. The topological polar surface area (TPSA) is 79.1 Å². The Kier molecular flexibility index (Phi) is 6.03. The molecule has 0 saturated carbocycles. The van der Waals surface area contributed by atoms with Gasteiger partial charge in [-0.05, 0) is 43.2 Å². The number of aromatic nitrogens is 1. The zero-order chi connectivity index (χ0) is 21.1. The number of esters is 1. The number of carbonyl (C=O) groups excluding carboxylic acids is 2. The van der Waals surface area contributed by atoms with Gasteiger partial charge in [0, 0.05) is 0 Å². The predicted molar refractivity (Wildman–Crippen MR) is 111 cm³/mol. The van der Waals surface area contributed by atoms with Crippen molar-refractivity contribution in [3.8, 4) is 11.5 Å². The largest absolute Gasteiger partial charge is 0.496 e. The molecule has 0 aliphatic rings. The lowest BCUT2D eigenvalue weighted by Crippen LogP contribution is -2.23. The Balaban J connectivity index is 2.25. The van der Waals surface area contributed by atoms with Crippen LogP contribution in [0.15, 0.2) is 35.3 Å². The van der Waals surface area contributed by atoms with Crippen LogP contribution < -0.4 is 14.3 Å². The second-order valence-electron chi connectivity index (χ2n) is 6.43. The van der Waals surface area contributed by atoms with Crippen molar-refractivity contribution in [3.63, 3.8) is 0 Å². The van der Waals surface area contributed by atoms with Crippen LogP contribution in [0.4, 0.5) is 0 Å². The third-order valence-corrected chi connectivity index (χ3v) is 5.49. The lowest BCUT2D eigenvalue weighted by Gasteiger charge is -2.10. The summed E-state index contributed by atoms with van der Waals surface area (Å²) in [5.41, 5.74) is 3.16. The van der Waals surface area contributed by atoms with Crippen LogP contribution in [-0.4, -0.2) is 37.8 Å². The highest BCUT2D eigenvalue weighted by Crippen LogP contribution is 2.29. The highest BCUT2D eigenvalue weighted by atomic mass is 32.1. The van der Waals surface area contributed by atoms with Crippen LogP contribution in [0.5, 0.6) is 11.5 Å². The minimum absolute atomic E-state index is 0.0461. The summed E-state index contributed by atoms with van der Waals surface area (Å²) in [6.07, 6.45) is 0. The first-order valence-corrected chi connectivity index (χ1v) is 9.68. The monoisotopic (exact) mass is 414 g/mol. The first-order valence-electron chi connectivity index (χ1n) is 8.87. The van der Waals surface area contributed by atoms with Crippen molar-refractivity contribution in [1.29, 1.82) is 0 Å². The molecule has 0 unspecified atom stereocenters. The second-order valence-corrected chi connectivity index (χ2v) is 7.44. The first-order chi connectivity index (χ1) is 13.9. The zero-order valence-electron chi connectivity index (χ0n) is 16.9. The van der Waals surface area contributed by atoms with Crippen LogP contribution in [0.3, 0.4) is 0 Å². The van der Waals surface area contributed by atoms with Gasteiger partial charge in [0.05, 0.1) is 31.5 Å². The van der Waals surface area contributed by atoms with Crippen LogP contribution in [-0.2, 0) is 16.1 Å². The fraction of sp³-hybridized carbons (Fsp3) is 0.286. The Morgan fingerprint density at radius 1 is 1.07 bits per heavy atom. The molecule has 0 atom stereocenters. The molecule has 0 spiro atoms. The Bertz CT molecular complexity index is 1140. The zero-order valence-corrected chi connectivity index (χ0v) is 17.8. The van der Waals surface area contributed by atoms with Gasteiger partial charge >= 0.3 is 5.97 Å². The van der Waals surface area contributed by atoms with E-state index >= 15 is 0 Å². The molecule has 0 aliphatic carbocycles. The lowest BCUT2D eigenvalue weighted by molar-refractivity contribution is -0.141. The van der Waals surface area contributed by atoms with E-state index in [2.05, 4.69) is 4.99 Å². The van der Waals surface area contributed by atoms with Crippen molar-refractivity contribution in [3.05, 3.63) is 51.8 Å². The number of amides is 1. The van der Waals surface area contributed by atoms with Crippen molar-refractivity contribution >= 4 is 33.4 Å². The van der Waals surface area contributed by atoms with E-state index in [1.807, 2.05) is 26.0 Å². The maximum absolute atomic E-state index is 13.1. The molecule has 0 fully saturated rings. The van der Waals surface area contributed by atoms with Gasteiger partial charge in [0.2, 0.25) is 0 Å². The number of ether oxygens (including phenoxy) is 3. The molecule has 8 heteroatoms. The van der Waals surface area contributed by atoms with Gasteiger partial charge in [-0.2, -0.15) is 4.99 Å². The van der Waals surface area contributed by atoms with Gasteiger partial charge in [-0.3, -0.25) is 9.59 Å². The summed E-state index contributed by atoms with van der Waals surface area (Å²) in [4.78, 5) is 29.8. The molecule has 2 aromatic carbocycles. The van der Waals surface area contributed by atoms with Crippen molar-refractivity contribution in [2.75, 3.05) is 21.3 Å². The summed E-state index contributed by atoms with van der Waals surface area (Å²) in [7, 11) is 4.29. The maximum Gasteiger partial charge on any atom is 0.325 e. The molecule has 152 valence electrons. The first kappa shape index (κ1) is 20.6. The third kappa shape index (κ3) is 4.02. The van der Waals surface area contributed by atoms with Crippen molar-refractivity contribution in [1.82, 2.24) is 4.57 Å². The number of hydrogen-bond donors (Lipinski definition) is 0. The third-order valence-electron chi connectivity index (χ3n) is 4.47. The average Bonchev–Trinajstić information content (AvgIpc) is 3.03. The molecule has 0 bridgehead atoms. The number of nitrogens with zero attached hydrogens (tertiary/aromatic N) is 2. The highest BCUT2D eigenvalue weighted by Gasteiger charge is 2.19. The minimum Gasteiger partial charge on any atom is -0.496 e. The summed E-state index contributed by atoms with van der Waals surface area (Å²) in [6.45, 7) is 3.92. The Hall–Kier alpha value is -3.13. The molecule has 0 radical (unpaired) electrons. The normalized spacial score (nSPS) is 11.6. The molecule has 3 aromatic rings. The van der Waals surface area contributed by atoms with Crippen LogP contribution in [0, 0.1) is 13.8 Å². The molecule has 3 rings (SSSR count). The molecule has 29 heavy (non-hydrogen) atoms. The quantitative estimate of drug-likeness (QED) is 0.599. The summed E-state index contributed by atoms with van der Waals surface area (Å²) < 4.78 is 18.1. The van der Waals surface area contributed by atoms with E-state index in [-0.39, 0.29) is 12.1 Å². The summed E-state index contributed by atoms with van der Waals surface area (Å²) in [5, 5.41) is 0. The van der Waals surface area contributed by atoms with Crippen molar-refractivity contribution in [2.24, 2.45) is 4.99 Å². The van der Waals surface area contributed by atoms with Gasteiger partial charge in [0.1, 0.15) is 23.6 Å². The average molecular weight is 414 g/mol. The van der Waals surface area contributed by atoms with Gasteiger partial charge in [0.15, 0.2) is 4.80 Å². The number of hydrogen-bond acceptors (Lipinski definition) is 6. The van der Waals surface area contributed by atoms with Gasteiger partial charge in [-0.1, -0.05) is 23.5 Å². The summed E-state index contributed by atoms with van der Waals surface area (Å²) >= 11 is 1.34. The fourth-order valence-corrected chi connectivity index (χ4v) is 4.43. The number of aryl methyl sites for hydroxylation is 2. The van der Waals surface area contributed by atoms with E-state index in [1.165, 1.54) is 32.7 Å². The molecule has 1 amide bonds. The molecule has 0 aliphatic heterocycles. The molecule has 1 heterocycles. The number of methoxy groups -OCH3 is 3. The van der Waals surface area contributed by atoms with Gasteiger partial charge in [0.25, 0.3) is 5.91 Å². The van der Waals surface area contributed by atoms with Crippen LogP contribution in [0.1, 0.15) is 21.5 Å². The molecule has 1 aromatic heterocycles. The maximum atomic E-state index is 13.1. The molecular weight excluding hydrogens is 392 g/mol. The van der Waals surface area contributed by atoms with Gasteiger partial charge in [-0.15, -0.1) is 0 Å². The summed E-state index contributed by atoms with van der Waals surface area (Å²) in [5.74, 6) is -0.205. The Labute approximate surface area is 172 Å². The number of rotatable bonds is 5. The number of fused-ring (bicyclic) bond motifs is 1. The number of thiazole rings is 1. The lowest BCUT2D eigenvalue weighted by atomic mass is 10.1. The van der Waals surface area contributed by atoms with E-state index in [4.69, 9.17) is 14.2 Å². The van der Waals surface area contributed by atoms with E-state index in [9.17, 15) is 9.59 Å². The van der Waals surface area contributed by atoms with Crippen LogP contribution in [0.25, 0.3) is 10.2 Å². The fourth-order valence-electron chi connectivity index (χ4n) is 3.22. The van der Waals surface area contributed by atoms with E-state index in [0.29, 0.717) is 16.3 Å². The Morgan fingerprint density at radius 3 is 2.31 bits per heavy atom. The van der Waals surface area contributed by atoms with Crippen LogP contribution in [0.2, 0.25) is 0 Å². The predicted octanol–water partition coefficient (Wildman–Crippen LogP) is 3.25. The Morgan fingerprint density at radius 2 is 1.72 bits per heavy atom.